The van der Waals surface area contributed by atoms with Gasteiger partial charge in [0.25, 0.3) is 5.91 Å². The average molecular weight is 451 g/mol. The molecule has 1 amide bonds. The first-order chi connectivity index (χ1) is 16.4. The van der Waals surface area contributed by atoms with Gasteiger partial charge in [0.05, 0.1) is 0 Å². The minimum absolute atomic E-state index is 0.261. The zero-order valence-corrected chi connectivity index (χ0v) is 19.7. The predicted octanol–water partition coefficient (Wildman–Crippen LogP) is 7.75. The van der Waals surface area contributed by atoms with Crippen molar-refractivity contribution in [1.82, 2.24) is 4.98 Å². The number of aromatic nitrogens is 1. The molecule has 0 saturated heterocycles. The molecule has 5 rings (SSSR count). The molecule has 5 aromatic rings. The van der Waals surface area contributed by atoms with Crippen LogP contribution in [0.15, 0.2) is 81.6 Å². The fourth-order valence-electron chi connectivity index (χ4n) is 3.83. The van der Waals surface area contributed by atoms with E-state index in [1.807, 2.05) is 42.5 Å². The summed E-state index contributed by atoms with van der Waals surface area (Å²) in [6.07, 6.45) is 0. The van der Waals surface area contributed by atoms with Crippen molar-refractivity contribution in [2.24, 2.45) is 0 Å². The SMILES string of the molecule is Cc1ccc(-c2ccc(C(=O)Nc3ccc(-c4nc5cc(C(C)C)ccc5o4)cc3)o2)cc1C. The van der Waals surface area contributed by atoms with Crippen LogP contribution < -0.4 is 5.32 Å². The lowest BCUT2D eigenvalue weighted by Crippen LogP contribution is -2.10. The zero-order chi connectivity index (χ0) is 23.8. The number of oxazole rings is 1. The topological polar surface area (TPSA) is 68.3 Å². The van der Waals surface area contributed by atoms with Crippen molar-refractivity contribution in [3.8, 4) is 22.8 Å². The third-order valence-electron chi connectivity index (χ3n) is 6.09. The molecule has 0 spiro atoms. The standard InChI is InChI=1S/C29H26N2O3/c1-17(2)21-9-12-26-24(16-21)31-29(34-26)20-7-10-23(11-8-20)30-28(32)27-14-13-25(33-27)22-6-5-18(3)19(4)15-22/h5-17H,1-4H3,(H,30,32). The monoisotopic (exact) mass is 450 g/mol. The first kappa shape index (κ1) is 21.7. The zero-order valence-electron chi connectivity index (χ0n) is 19.7. The maximum absolute atomic E-state index is 12.7. The molecule has 5 nitrogen and oxygen atoms in total. The van der Waals surface area contributed by atoms with Crippen LogP contribution in [0.2, 0.25) is 0 Å². The van der Waals surface area contributed by atoms with Crippen LogP contribution in [-0.4, -0.2) is 10.9 Å². The first-order valence-corrected chi connectivity index (χ1v) is 11.4. The maximum Gasteiger partial charge on any atom is 0.291 e. The number of nitrogens with zero attached hydrogens (tertiary/aromatic N) is 1. The van der Waals surface area contributed by atoms with Crippen LogP contribution >= 0.6 is 0 Å². The van der Waals surface area contributed by atoms with E-state index in [2.05, 4.69) is 62.3 Å². The molecule has 0 aliphatic rings. The Balaban J connectivity index is 1.31. The molecule has 0 bridgehead atoms. The summed E-state index contributed by atoms with van der Waals surface area (Å²) in [7, 11) is 0. The van der Waals surface area contributed by atoms with Crippen molar-refractivity contribution in [3.63, 3.8) is 0 Å². The van der Waals surface area contributed by atoms with Gasteiger partial charge in [0, 0.05) is 16.8 Å². The number of carbonyl (C=O) groups is 1. The first-order valence-electron chi connectivity index (χ1n) is 11.4. The molecule has 2 heterocycles. The maximum atomic E-state index is 12.7. The summed E-state index contributed by atoms with van der Waals surface area (Å²) in [5.41, 5.74) is 7.68. The lowest BCUT2D eigenvalue weighted by atomic mass is 10.0. The lowest BCUT2D eigenvalue weighted by molar-refractivity contribution is 0.0997. The average Bonchev–Trinajstić information content (AvgIpc) is 3.48. The van der Waals surface area contributed by atoms with Crippen molar-refractivity contribution in [2.75, 3.05) is 5.32 Å². The highest BCUT2D eigenvalue weighted by atomic mass is 16.4. The van der Waals surface area contributed by atoms with Crippen LogP contribution in [0.25, 0.3) is 33.9 Å². The highest BCUT2D eigenvalue weighted by Gasteiger charge is 2.14. The summed E-state index contributed by atoms with van der Waals surface area (Å²) in [4.78, 5) is 17.3. The molecule has 0 radical (unpaired) electrons. The molecule has 0 unspecified atom stereocenters. The van der Waals surface area contributed by atoms with Crippen molar-refractivity contribution >= 4 is 22.7 Å². The summed E-state index contributed by atoms with van der Waals surface area (Å²) in [5.74, 6) is 1.61. The Morgan fingerprint density at radius 1 is 0.824 bits per heavy atom. The molecule has 3 aromatic carbocycles. The summed E-state index contributed by atoms with van der Waals surface area (Å²) in [6, 6.07) is 23.1. The second-order valence-corrected chi connectivity index (χ2v) is 8.90. The number of aryl methyl sites for hydroxylation is 2. The number of fused-ring (bicyclic) bond motifs is 1. The third kappa shape index (κ3) is 4.25. The van der Waals surface area contributed by atoms with E-state index >= 15 is 0 Å². The van der Waals surface area contributed by atoms with Gasteiger partial charge in [-0.05, 0) is 91.1 Å². The van der Waals surface area contributed by atoms with E-state index in [9.17, 15) is 4.79 Å². The molecular formula is C29H26N2O3. The number of furan rings is 1. The number of hydrogen-bond donors (Lipinski definition) is 1. The van der Waals surface area contributed by atoms with Crippen LogP contribution in [0.1, 0.15) is 47.0 Å². The molecule has 0 fully saturated rings. The number of rotatable bonds is 5. The second kappa shape index (κ2) is 8.67. The molecule has 2 aromatic heterocycles. The van der Waals surface area contributed by atoms with E-state index in [-0.39, 0.29) is 11.7 Å². The van der Waals surface area contributed by atoms with Gasteiger partial charge in [-0.1, -0.05) is 32.0 Å². The molecule has 0 atom stereocenters. The number of anilines is 1. The van der Waals surface area contributed by atoms with E-state index in [4.69, 9.17) is 8.83 Å². The van der Waals surface area contributed by atoms with E-state index in [0.29, 0.717) is 23.3 Å². The summed E-state index contributed by atoms with van der Waals surface area (Å²) in [5, 5.41) is 2.88. The van der Waals surface area contributed by atoms with Gasteiger partial charge in [0.15, 0.2) is 11.3 Å². The lowest BCUT2D eigenvalue weighted by Gasteiger charge is -2.05. The highest BCUT2D eigenvalue weighted by molar-refractivity contribution is 6.02. The molecule has 170 valence electrons. The Labute approximate surface area is 198 Å². The van der Waals surface area contributed by atoms with E-state index in [1.54, 1.807) is 6.07 Å². The van der Waals surface area contributed by atoms with Crippen LogP contribution in [0, 0.1) is 13.8 Å². The Morgan fingerprint density at radius 2 is 1.59 bits per heavy atom. The number of nitrogens with one attached hydrogen (secondary N) is 1. The van der Waals surface area contributed by atoms with Crippen molar-refractivity contribution < 1.29 is 13.6 Å². The van der Waals surface area contributed by atoms with Gasteiger partial charge in [-0.3, -0.25) is 4.79 Å². The van der Waals surface area contributed by atoms with Crippen LogP contribution in [-0.2, 0) is 0 Å². The van der Waals surface area contributed by atoms with Gasteiger partial charge in [-0.2, -0.15) is 0 Å². The Bertz CT molecular complexity index is 1490. The number of amides is 1. The summed E-state index contributed by atoms with van der Waals surface area (Å²) in [6.45, 7) is 8.44. The van der Waals surface area contributed by atoms with E-state index in [0.717, 1.165) is 22.2 Å². The fraction of sp³-hybridized carbons (Fsp3) is 0.172. The van der Waals surface area contributed by atoms with Gasteiger partial charge in [-0.25, -0.2) is 4.98 Å². The van der Waals surface area contributed by atoms with Gasteiger partial charge < -0.3 is 14.2 Å². The normalized spacial score (nSPS) is 11.3. The quantitative estimate of drug-likeness (QED) is 0.297. The van der Waals surface area contributed by atoms with Gasteiger partial charge in [0.1, 0.15) is 11.3 Å². The van der Waals surface area contributed by atoms with Crippen molar-refractivity contribution in [3.05, 3.63) is 95.2 Å². The highest BCUT2D eigenvalue weighted by Crippen LogP contribution is 2.28. The van der Waals surface area contributed by atoms with Crippen molar-refractivity contribution in [2.45, 2.75) is 33.6 Å². The van der Waals surface area contributed by atoms with Gasteiger partial charge >= 0.3 is 0 Å². The third-order valence-corrected chi connectivity index (χ3v) is 6.09. The Hall–Kier alpha value is -4.12. The van der Waals surface area contributed by atoms with E-state index < -0.39 is 0 Å². The molecule has 0 saturated carbocycles. The molecule has 5 heteroatoms. The summed E-state index contributed by atoms with van der Waals surface area (Å²) < 4.78 is 11.7. The smallest absolute Gasteiger partial charge is 0.291 e. The number of hydrogen-bond acceptors (Lipinski definition) is 4. The molecular weight excluding hydrogens is 424 g/mol. The molecule has 34 heavy (non-hydrogen) atoms. The van der Waals surface area contributed by atoms with E-state index in [1.165, 1.54) is 16.7 Å². The van der Waals surface area contributed by atoms with Crippen molar-refractivity contribution in [1.29, 1.82) is 0 Å². The molecule has 0 aliphatic heterocycles. The van der Waals surface area contributed by atoms with Gasteiger partial charge in [0.2, 0.25) is 5.89 Å². The second-order valence-electron chi connectivity index (χ2n) is 8.90. The number of carbonyl (C=O) groups excluding carboxylic acids is 1. The largest absolute Gasteiger partial charge is 0.451 e. The van der Waals surface area contributed by atoms with Crippen LogP contribution in [0.3, 0.4) is 0 Å². The fourth-order valence-corrected chi connectivity index (χ4v) is 3.83. The Kier molecular flexibility index (Phi) is 5.54. The van der Waals surface area contributed by atoms with Crippen LogP contribution in [0.4, 0.5) is 5.69 Å². The minimum Gasteiger partial charge on any atom is -0.451 e. The van der Waals surface area contributed by atoms with Crippen LogP contribution in [0.5, 0.6) is 0 Å². The van der Waals surface area contributed by atoms with Gasteiger partial charge in [-0.15, -0.1) is 0 Å². The summed E-state index contributed by atoms with van der Waals surface area (Å²) >= 11 is 0. The molecule has 1 N–H and O–H groups in total. The predicted molar refractivity (Wildman–Crippen MR) is 135 cm³/mol. The molecule has 0 aliphatic carbocycles. The Morgan fingerprint density at radius 3 is 2.32 bits per heavy atom. The minimum atomic E-state index is -0.300. The number of benzene rings is 3.